The van der Waals surface area contributed by atoms with Gasteiger partial charge in [0.05, 0.1) is 6.20 Å². The van der Waals surface area contributed by atoms with Gasteiger partial charge in [-0.25, -0.2) is 4.98 Å². The molecular weight excluding hydrogens is 260 g/mol. The fourth-order valence-electron chi connectivity index (χ4n) is 2.68. The lowest BCUT2D eigenvalue weighted by Crippen LogP contribution is -2.23. The zero-order chi connectivity index (χ0) is 15.2. The fourth-order valence-corrected chi connectivity index (χ4v) is 2.68. The molecule has 21 heavy (non-hydrogen) atoms. The van der Waals surface area contributed by atoms with E-state index in [1.165, 1.54) is 24.9 Å². The van der Waals surface area contributed by atoms with Gasteiger partial charge in [0.25, 0.3) is 0 Å². The number of hydrogen-bond acceptors (Lipinski definition) is 3. The Hall–Kier alpha value is -1.77. The van der Waals surface area contributed by atoms with Crippen LogP contribution in [0.3, 0.4) is 0 Å². The molecule has 3 nitrogen and oxygen atoms in total. The smallest absolute Gasteiger partial charge is 0.181 e. The highest BCUT2D eigenvalue weighted by atomic mass is 16.3. The second-order valence-electron chi connectivity index (χ2n) is 6.54. The highest BCUT2D eigenvalue weighted by Gasteiger charge is 2.13. The molecule has 0 saturated heterocycles. The maximum Gasteiger partial charge on any atom is 0.181 e. The van der Waals surface area contributed by atoms with Gasteiger partial charge >= 0.3 is 0 Å². The van der Waals surface area contributed by atoms with Crippen molar-refractivity contribution in [3.05, 3.63) is 36.9 Å². The molecule has 0 aliphatic heterocycles. The van der Waals surface area contributed by atoms with Gasteiger partial charge in [0.2, 0.25) is 0 Å². The molecule has 3 heteroatoms. The van der Waals surface area contributed by atoms with E-state index in [-0.39, 0.29) is 0 Å². The van der Waals surface area contributed by atoms with E-state index >= 15 is 0 Å². The molecule has 1 heterocycles. The van der Waals surface area contributed by atoms with Crippen molar-refractivity contribution in [2.45, 2.75) is 46.6 Å². The van der Waals surface area contributed by atoms with E-state index in [4.69, 9.17) is 4.42 Å². The second kappa shape index (κ2) is 7.30. The molecule has 0 spiro atoms. The van der Waals surface area contributed by atoms with Crippen LogP contribution in [0.2, 0.25) is 0 Å². The second-order valence-corrected chi connectivity index (χ2v) is 6.54. The molecule has 114 valence electrons. The van der Waals surface area contributed by atoms with Gasteiger partial charge in [-0.1, -0.05) is 27.7 Å². The lowest BCUT2D eigenvalue weighted by molar-refractivity contribution is 0.442. The molecule has 1 N–H and O–H groups in total. The summed E-state index contributed by atoms with van der Waals surface area (Å²) in [6, 6.07) is 8.91. The lowest BCUT2D eigenvalue weighted by atomic mass is 9.95. The van der Waals surface area contributed by atoms with E-state index in [1.807, 2.05) is 0 Å². The molecule has 0 fully saturated rings. The maximum absolute atomic E-state index is 5.31. The predicted octanol–water partition coefficient (Wildman–Crippen LogP) is 5.21. The Morgan fingerprint density at radius 1 is 1.00 bits per heavy atom. The van der Waals surface area contributed by atoms with Crippen molar-refractivity contribution in [2.24, 2.45) is 11.8 Å². The Balaban J connectivity index is 2.03. The predicted molar refractivity (Wildman–Crippen MR) is 88.3 cm³/mol. The van der Waals surface area contributed by atoms with Crippen LogP contribution >= 0.6 is 0 Å². The summed E-state index contributed by atoms with van der Waals surface area (Å²) in [7, 11) is 0. The molecule has 1 aromatic carbocycles. The van der Waals surface area contributed by atoms with Gasteiger partial charge < -0.3 is 9.73 Å². The third-order valence-electron chi connectivity index (χ3n) is 3.48. The van der Waals surface area contributed by atoms with Gasteiger partial charge in [0, 0.05) is 17.3 Å². The summed E-state index contributed by atoms with van der Waals surface area (Å²) in [4.78, 5) is 3.95. The summed E-state index contributed by atoms with van der Waals surface area (Å²) in [5, 5.41) is 3.67. The van der Waals surface area contributed by atoms with Crippen molar-refractivity contribution in [3.63, 3.8) is 0 Å². The third-order valence-corrected chi connectivity index (χ3v) is 3.48. The molecule has 1 aromatic heterocycles. The number of oxazole rings is 1. The Labute approximate surface area is 127 Å². The minimum atomic E-state index is 0.529. The van der Waals surface area contributed by atoms with E-state index in [1.54, 1.807) is 6.20 Å². The quantitative estimate of drug-likeness (QED) is 0.758. The lowest BCUT2D eigenvalue weighted by Gasteiger charge is -2.23. The van der Waals surface area contributed by atoms with E-state index < -0.39 is 0 Å². The van der Waals surface area contributed by atoms with Crippen LogP contribution in [0.15, 0.2) is 41.3 Å². The molecule has 0 bridgehead atoms. The molecule has 0 atom stereocenters. The van der Waals surface area contributed by atoms with E-state index in [9.17, 15) is 0 Å². The van der Waals surface area contributed by atoms with Crippen LogP contribution in [-0.2, 0) is 0 Å². The number of anilines is 1. The van der Waals surface area contributed by atoms with Crippen molar-refractivity contribution >= 4 is 5.69 Å². The number of nitrogens with one attached hydrogen (secondary N) is 1. The minimum absolute atomic E-state index is 0.529. The van der Waals surface area contributed by atoms with E-state index in [0.717, 1.165) is 11.3 Å². The monoisotopic (exact) mass is 286 g/mol. The van der Waals surface area contributed by atoms with Crippen LogP contribution in [0.1, 0.15) is 40.5 Å². The Kier molecular flexibility index (Phi) is 5.43. The summed E-state index contributed by atoms with van der Waals surface area (Å²) in [6.07, 6.45) is 5.59. The van der Waals surface area contributed by atoms with Gasteiger partial charge in [-0.2, -0.15) is 0 Å². The van der Waals surface area contributed by atoms with Gasteiger partial charge in [0.15, 0.2) is 12.2 Å². The average Bonchev–Trinajstić information content (AvgIpc) is 2.91. The topological polar surface area (TPSA) is 38.1 Å². The number of hydrogen-bond donors (Lipinski definition) is 1. The molecule has 0 aliphatic rings. The standard InChI is InChI=1S/C18H26N2O/c1-13(2)9-17(10-14(3)4)20-16-7-5-15(6-8-16)18-11-19-12-21-18/h5-8,11-14,17,20H,9-10H2,1-4H3. The van der Waals surface area contributed by atoms with Crippen molar-refractivity contribution in [1.82, 2.24) is 4.98 Å². The van der Waals surface area contributed by atoms with E-state index in [2.05, 4.69) is 62.3 Å². The summed E-state index contributed by atoms with van der Waals surface area (Å²) >= 11 is 0. The van der Waals surface area contributed by atoms with Gasteiger partial charge in [0.1, 0.15) is 0 Å². The van der Waals surface area contributed by atoms with Crippen LogP contribution in [-0.4, -0.2) is 11.0 Å². The first-order chi connectivity index (χ1) is 10.0. The van der Waals surface area contributed by atoms with Crippen molar-refractivity contribution < 1.29 is 4.42 Å². The van der Waals surface area contributed by atoms with Crippen LogP contribution < -0.4 is 5.32 Å². The Bertz CT molecular complexity index is 505. The number of rotatable bonds is 7. The molecular formula is C18H26N2O. The average molecular weight is 286 g/mol. The van der Waals surface area contributed by atoms with Crippen molar-refractivity contribution in [2.75, 3.05) is 5.32 Å². The van der Waals surface area contributed by atoms with Gasteiger partial charge in [-0.3, -0.25) is 0 Å². The summed E-state index contributed by atoms with van der Waals surface area (Å²) in [5.41, 5.74) is 2.23. The first kappa shape index (κ1) is 15.6. The molecule has 0 aliphatic carbocycles. The molecule has 0 radical (unpaired) electrons. The largest absolute Gasteiger partial charge is 0.444 e. The molecule has 0 amide bonds. The number of aromatic nitrogens is 1. The molecule has 2 aromatic rings. The minimum Gasteiger partial charge on any atom is -0.444 e. The maximum atomic E-state index is 5.31. The summed E-state index contributed by atoms with van der Waals surface area (Å²) < 4.78 is 5.31. The first-order valence-corrected chi connectivity index (χ1v) is 7.80. The van der Waals surface area contributed by atoms with Crippen LogP contribution in [0.4, 0.5) is 5.69 Å². The van der Waals surface area contributed by atoms with E-state index in [0.29, 0.717) is 17.9 Å². The highest BCUT2D eigenvalue weighted by molar-refractivity contribution is 5.60. The zero-order valence-corrected chi connectivity index (χ0v) is 13.5. The first-order valence-electron chi connectivity index (χ1n) is 7.80. The molecule has 0 unspecified atom stereocenters. The van der Waals surface area contributed by atoms with Gasteiger partial charge in [-0.15, -0.1) is 0 Å². The van der Waals surface area contributed by atoms with Gasteiger partial charge in [-0.05, 0) is 48.9 Å². The molecule has 2 rings (SSSR count). The van der Waals surface area contributed by atoms with Crippen molar-refractivity contribution in [1.29, 1.82) is 0 Å². The third kappa shape index (κ3) is 4.92. The number of benzene rings is 1. The summed E-state index contributed by atoms with van der Waals surface area (Å²) in [6.45, 7) is 9.12. The zero-order valence-electron chi connectivity index (χ0n) is 13.5. The van der Waals surface area contributed by atoms with Crippen LogP contribution in [0.5, 0.6) is 0 Å². The normalized spacial score (nSPS) is 11.6. The highest BCUT2D eigenvalue weighted by Crippen LogP contribution is 2.23. The Morgan fingerprint density at radius 2 is 1.62 bits per heavy atom. The Morgan fingerprint density at radius 3 is 2.10 bits per heavy atom. The number of nitrogens with zero attached hydrogens (tertiary/aromatic N) is 1. The van der Waals surface area contributed by atoms with Crippen molar-refractivity contribution in [3.8, 4) is 11.3 Å². The molecule has 0 saturated carbocycles. The summed E-state index contributed by atoms with van der Waals surface area (Å²) in [5.74, 6) is 2.21. The van der Waals surface area contributed by atoms with Crippen LogP contribution in [0.25, 0.3) is 11.3 Å². The SMILES string of the molecule is CC(C)CC(CC(C)C)Nc1ccc(-c2cnco2)cc1. The fraction of sp³-hybridized carbons (Fsp3) is 0.500. The van der Waals surface area contributed by atoms with Crippen LogP contribution in [0, 0.1) is 11.8 Å².